The van der Waals surface area contributed by atoms with Gasteiger partial charge in [0.2, 0.25) is 5.91 Å². The minimum Gasteiger partial charge on any atom is -0.340 e. The van der Waals surface area contributed by atoms with Gasteiger partial charge < -0.3 is 10.6 Å². The first-order valence-corrected chi connectivity index (χ1v) is 7.17. The molecule has 1 aliphatic rings. The van der Waals surface area contributed by atoms with Crippen LogP contribution in [0.25, 0.3) is 0 Å². The Hall–Kier alpha value is -1.35. The number of rotatable bonds is 4. The number of carbonyl (C=O) groups is 1. The Morgan fingerprint density at radius 1 is 1.21 bits per heavy atom. The lowest BCUT2D eigenvalue weighted by molar-refractivity contribution is -0.136. The summed E-state index contributed by atoms with van der Waals surface area (Å²) in [6.07, 6.45) is 4.83. The molecular weight excluding hydrogens is 236 g/mol. The molecule has 2 N–H and O–H groups in total. The van der Waals surface area contributed by atoms with Gasteiger partial charge in [0.15, 0.2) is 0 Å². The van der Waals surface area contributed by atoms with Crippen LogP contribution in [-0.4, -0.2) is 23.4 Å². The molecule has 0 saturated heterocycles. The molecule has 0 aromatic heterocycles. The van der Waals surface area contributed by atoms with Crippen LogP contribution in [0.1, 0.15) is 43.7 Å². The molecule has 1 saturated carbocycles. The molecule has 0 aliphatic heterocycles. The Bertz CT molecular complexity index is 433. The third kappa shape index (κ3) is 3.16. The molecule has 1 aliphatic carbocycles. The van der Waals surface area contributed by atoms with E-state index in [1.54, 1.807) is 4.90 Å². The highest BCUT2D eigenvalue weighted by Crippen LogP contribution is 2.29. The second-order valence-corrected chi connectivity index (χ2v) is 5.69. The molecular formula is C16H24N2O. The molecule has 3 heteroatoms. The SMILES string of the molecule is CCc1ccc(CN(C)C(=O)C2(N)CCCC2)cc1. The number of benzene rings is 1. The first kappa shape index (κ1) is 14.1. The smallest absolute Gasteiger partial charge is 0.242 e. The van der Waals surface area contributed by atoms with Gasteiger partial charge in [0, 0.05) is 13.6 Å². The van der Waals surface area contributed by atoms with Gasteiger partial charge in [-0.3, -0.25) is 4.79 Å². The average molecular weight is 260 g/mol. The van der Waals surface area contributed by atoms with Gasteiger partial charge in [0.1, 0.15) is 0 Å². The van der Waals surface area contributed by atoms with E-state index in [0.717, 1.165) is 37.7 Å². The normalized spacial score (nSPS) is 17.4. The molecule has 0 radical (unpaired) electrons. The predicted octanol–water partition coefficient (Wildman–Crippen LogP) is 2.48. The highest BCUT2D eigenvalue weighted by molar-refractivity contribution is 5.86. The Morgan fingerprint density at radius 2 is 1.74 bits per heavy atom. The lowest BCUT2D eigenvalue weighted by Gasteiger charge is -2.28. The molecule has 3 nitrogen and oxygen atoms in total. The van der Waals surface area contributed by atoms with E-state index in [0.29, 0.717) is 6.54 Å². The third-order valence-electron chi connectivity index (χ3n) is 4.12. The fourth-order valence-corrected chi connectivity index (χ4v) is 2.83. The second-order valence-electron chi connectivity index (χ2n) is 5.69. The number of likely N-dealkylation sites (N-methyl/N-ethyl adjacent to an activating group) is 1. The van der Waals surface area contributed by atoms with E-state index in [4.69, 9.17) is 5.73 Å². The van der Waals surface area contributed by atoms with E-state index in [2.05, 4.69) is 31.2 Å². The molecule has 1 fully saturated rings. The largest absolute Gasteiger partial charge is 0.340 e. The van der Waals surface area contributed by atoms with Gasteiger partial charge in [-0.1, -0.05) is 44.0 Å². The molecule has 0 unspecified atom stereocenters. The zero-order valence-corrected chi connectivity index (χ0v) is 12.0. The first-order valence-electron chi connectivity index (χ1n) is 7.17. The molecule has 104 valence electrons. The van der Waals surface area contributed by atoms with E-state index in [-0.39, 0.29) is 5.91 Å². The quantitative estimate of drug-likeness (QED) is 0.904. The lowest BCUT2D eigenvalue weighted by atomic mass is 9.97. The van der Waals surface area contributed by atoms with Gasteiger partial charge in [-0.2, -0.15) is 0 Å². The number of nitrogens with zero attached hydrogens (tertiary/aromatic N) is 1. The number of hydrogen-bond acceptors (Lipinski definition) is 2. The summed E-state index contributed by atoms with van der Waals surface area (Å²) >= 11 is 0. The minimum absolute atomic E-state index is 0.0876. The Labute approximate surface area is 115 Å². The summed E-state index contributed by atoms with van der Waals surface area (Å²) in [6, 6.07) is 8.45. The van der Waals surface area contributed by atoms with Crippen molar-refractivity contribution >= 4 is 5.91 Å². The number of aryl methyl sites for hydroxylation is 1. The van der Waals surface area contributed by atoms with Crippen LogP contribution in [0.3, 0.4) is 0 Å². The third-order valence-corrected chi connectivity index (χ3v) is 4.12. The van der Waals surface area contributed by atoms with Gasteiger partial charge in [-0.15, -0.1) is 0 Å². The Morgan fingerprint density at radius 3 is 2.26 bits per heavy atom. The van der Waals surface area contributed by atoms with Crippen molar-refractivity contribution in [2.75, 3.05) is 7.05 Å². The van der Waals surface area contributed by atoms with Crippen molar-refractivity contribution < 1.29 is 4.79 Å². The van der Waals surface area contributed by atoms with Crippen molar-refractivity contribution in [1.82, 2.24) is 4.90 Å². The van der Waals surface area contributed by atoms with E-state index in [1.165, 1.54) is 5.56 Å². The molecule has 0 heterocycles. The van der Waals surface area contributed by atoms with Crippen LogP contribution in [0.15, 0.2) is 24.3 Å². The van der Waals surface area contributed by atoms with Crippen molar-refractivity contribution in [2.45, 2.75) is 51.1 Å². The van der Waals surface area contributed by atoms with Crippen LogP contribution in [-0.2, 0) is 17.8 Å². The molecule has 1 aromatic carbocycles. The summed E-state index contributed by atoms with van der Waals surface area (Å²) in [4.78, 5) is 14.2. The fourth-order valence-electron chi connectivity index (χ4n) is 2.83. The number of amides is 1. The minimum atomic E-state index is -0.613. The standard InChI is InChI=1S/C16H24N2O/c1-3-13-6-8-14(9-7-13)12-18(2)15(19)16(17)10-4-5-11-16/h6-9H,3-5,10-12,17H2,1-2H3. The monoisotopic (exact) mass is 260 g/mol. The van der Waals surface area contributed by atoms with Gasteiger partial charge >= 0.3 is 0 Å². The average Bonchev–Trinajstić information content (AvgIpc) is 2.87. The summed E-state index contributed by atoms with van der Waals surface area (Å²) in [5.41, 5.74) is 8.08. The number of nitrogens with two attached hydrogens (primary N) is 1. The van der Waals surface area contributed by atoms with Gasteiger partial charge in [-0.05, 0) is 30.4 Å². The van der Waals surface area contributed by atoms with Crippen LogP contribution in [0.4, 0.5) is 0 Å². The van der Waals surface area contributed by atoms with Crippen molar-refractivity contribution in [3.05, 3.63) is 35.4 Å². The summed E-state index contributed by atoms with van der Waals surface area (Å²) in [6.45, 7) is 2.78. The zero-order valence-electron chi connectivity index (χ0n) is 12.0. The van der Waals surface area contributed by atoms with Crippen LogP contribution < -0.4 is 5.73 Å². The van der Waals surface area contributed by atoms with Crippen molar-refractivity contribution in [2.24, 2.45) is 5.73 Å². The summed E-state index contributed by atoms with van der Waals surface area (Å²) in [7, 11) is 1.85. The Kier molecular flexibility index (Phi) is 4.25. The van der Waals surface area contributed by atoms with Crippen LogP contribution >= 0.6 is 0 Å². The molecule has 0 bridgehead atoms. The van der Waals surface area contributed by atoms with Crippen molar-refractivity contribution in [3.63, 3.8) is 0 Å². The number of carbonyl (C=O) groups excluding carboxylic acids is 1. The summed E-state index contributed by atoms with van der Waals surface area (Å²) in [5, 5.41) is 0. The van der Waals surface area contributed by atoms with Crippen LogP contribution in [0.2, 0.25) is 0 Å². The molecule has 0 spiro atoms. The maximum atomic E-state index is 12.4. The molecule has 0 atom stereocenters. The van der Waals surface area contributed by atoms with Crippen molar-refractivity contribution in [3.8, 4) is 0 Å². The maximum absolute atomic E-state index is 12.4. The van der Waals surface area contributed by atoms with Crippen LogP contribution in [0, 0.1) is 0 Å². The van der Waals surface area contributed by atoms with Gasteiger partial charge in [0.05, 0.1) is 5.54 Å². The molecule has 2 rings (SSSR count). The van der Waals surface area contributed by atoms with E-state index < -0.39 is 5.54 Å². The van der Waals surface area contributed by atoms with E-state index in [9.17, 15) is 4.79 Å². The highest BCUT2D eigenvalue weighted by atomic mass is 16.2. The lowest BCUT2D eigenvalue weighted by Crippen LogP contribution is -2.52. The predicted molar refractivity (Wildman–Crippen MR) is 77.7 cm³/mol. The van der Waals surface area contributed by atoms with E-state index in [1.807, 2.05) is 7.05 Å². The Balaban J connectivity index is 1.99. The first-order chi connectivity index (χ1) is 9.05. The molecule has 19 heavy (non-hydrogen) atoms. The zero-order chi connectivity index (χ0) is 13.9. The summed E-state index contributed by atoms with van der Waals surface area (Å²) in [5.74, 6) is 0.0876. The summed E-state index contributed by atoms with van der Waals surface area (Å²) < 4.78 is 0. The number of hydrogen-bond donors (Lipinski definition) is 1. The van der Waals surface area contributed by atoms with E-state index >= 15 is 0 Å². The highest BCUT2D eigenvalue weighted by Gasteiger charge is 2.38. The second kappa shape index (κ2) is 5.74. The van der Waals surface area contributed by atoms with Gasteiger partial charge in [0.25, 0.3) is 0 Å². The van der Waals surface area contributed by atoms with Gasteiger partial charge in [-0.25, -0.2) is 0 Å². The van der Waals surface area contributed by atoms with Crippen molar-refractivity contribution in [1.29, 1.82) is 0 Å². The molecule has 1 amide bonds. The topological polar surface area (TPSA) is 46.3 Å². The molecule has 1 aromatic rings. The maximum Gasteiger partial charge on any atom is 0.242 e. The van der Waals surface area contributed by atoms with Crippen LogP contribution in [0.5, 0.6) is 0 Å². The fraction of sp³-hybridized carbons (Fsp3) is 0.562.